The molecule has 0 spiro atoms. The quantitative estimate of drug-likeness (QED) is 0.798. The van der Waals surface area contributed by atoms with Crippen LogP contribution >= 0.6 is 11.7 Å². The second-order valence-corrected chi connectivity index (χ2v) is 5.60. The third kappa shape index (κ3) is 2.01. The molecule has 5 nitrogen and oxygen atoms in total. The number of imidazole rings is 1. The molecule has 0 fully saturated rings. The zero-order valence-electron chi connectivity index (χ0n) is 11.0. The van der Waals surface area contributed by atoms with E-state index >= 15 is 0 Å². The number of fused-ring (bicyclic) bond motifs is 2. The van der Waals surface area contributed by atoms with Crippen LogP contribution in [0, 0.1) is 0 Å². The summed E-state index contributed by atoms with van der Waals surface area (Å²) in [7, 11) is 0. The summed E-state index contributed by atoms with van der Waals surface area (Å²) in [5.74, 6) is 1.23. The standard InChI is InChI=1S/C14H15N5S/c1-3-10(14-12(4-1)17-20-18-14)7-15-8-11-9-16-13-5-2-6-19(11)13/h1,3-4,9,15H,2,5-8H2. The first-order chi connectivity index (χ1) is 9.92. The molecular formula is C14H15N5S. The summed E-state index contributed by atoms with van der Waals surface area (Å²) in [6.45, 7) is 2.77. The summed E-state index contributed by atoms with van der Waals surface area (Å²) in [4.78, 5) is 4.47. The second-order valence-electron chi connectivity index (χ2n) is 5.07. The van der Waals surface area contributed by atoms with Crippen molar-refractivity contribution in [1.82, 2.24) is 23.6 Å². The molecule has 1 aromatic carbocycles. The number of nitrogens with one attached hydrogen (secondary N) is 1. The summed E-state index contributed by atoms with van der Waals surface area (Å²) < 4.78 is 11.0. The molecular weight excluding hydrogens is 270 g/mol. The van der Waals surface area contributed by atoms with E-state index in [1.165, 1.54) is 35.2 Å². The van der Waals surface area contributed by atoms with E-state index in [4.69, 9.17) is 0 Å². The lowest BCUT2D eigenvalue weighted by Gasteiger charge is -2.07. The van der Waals surface area contributed by atoms with Crippen LogP contribution in [-0.2, 0) is 26.1 Å². The van der Waals surface area contributed by atoms with Gasteiger partial charge in [-0.2, -0.15) is 8.75 Å². The lowest BCUT2D eigenvalue weighted by atomic mass is 10.2. The molecule has 4 rings (SSSR count). The van der Waals surface area contributed by atoms with Crippen molar-refractivity contribution in [1.29, 1.82) is 0 Å². The highest BCUT2D eigenvalue weighted by molar-refractivity contribution is 7.00. The Morgan fingerprint density at radius 3 is 3.25 bits per heavy atom. The molecule has 0 bridgehead atoms. The summed E-state index contributed by atoms with van der Waals surface area (Å²) in [5.41, 5.74) is 4.49. The lowest BCUT2D eigenvalue weighted by Crippen LogP contribution is -2.15. The minimum atomic E-state index is 0.809. The molecule has 0 aliphatic carbocycles. The van der Waals surface area contributed by atoms with Crippen LogP contribution in [0.5, 0.6) is 0 Å². The molecule has 0 amide bonds. The molecule has 0 saturated carbocycles. The smallest absolute Gasteiger partial charge is 0.109 e. The van der Waals surface area contributed by atoms with E-state index in [0.717, 1.165) is 37.1 Å². The van der Waals surface area contributed by atoms with E-state index in [9.17, 15) is 0 Å². The molecule has 1 aliphatic rings. The highest BCUT2D eigenvalue weighted by atomic mass is 32.1. The molecule has 6 heteroatoms. The monoisotopic (exact) mass is 285 g/mol. The zero-order valence-corrected chi connectivity index (χ0v) is 11.9. The number of nitrogens with zero attached hydrogens (tertiary/aromatic N) is 4. The van der Waals surface area contributed by atoms with E-state index in [1.54, 1.807) is 0 Å². The number of aryl methyl sites for hydroxylation is 1. The SMILES string of the molecule is c1cc(CNCc2cnc3n2CCC3)c2nsnc2c1. The van der Waals surface area contributed by atoms with Gasteiger partial charge in [0.2, 0.25) is 0 Å². The Kier molecular flexibility index (Phi) is 2.97. The highest BCUT2D eigenvalue weighted by Gasteiger charge is 2.15. The Labute approximate surface area is 121 Å². The summed E-state index contributed by atoms with van der Waals surface area (Å²) >= 11 is 1.27. The van der Waals surface area contributed by atoms with Crippen molar-refractivity contribution >= 4 is 22.8 Å². The topological polar surface area (TPSA) is 55.6 Å². The maximum atomic E-state index is 4.47. The Balaban J connectivity index is 1.47. The van der Waals surface area contributed by atoms with Crippen molar-refractivity contribution in [3.05, 3.63) is 41.5 Å². The van der Waals surface area contributed by atoms with Gasteiger partial charge in [0.15, 0.2) is 0 Å². The van der Waals surface area contributed by atoms with Crippen molar-refractivity contribution in [2.24, 2.45) is 0 Å². The van der Waals surface area contributed by atoms with Gasteiger partial charge in [-0.25, -0.2) is 4.98 Å². The van der Waals surface area contributed by atoms with Crippen LogP contribution in [0.3, 0.4) is 0 Å². The first-order valence-corrected chi connectivity index (χ1v) is 7.59. The molecule has 0 unspecified atom stereocenters. The maximum absolute atomic E-state index is 4.47. The van der Waals surface area contributed by atoms with Crippen LogP contribution in [-0.4, -0.2) is 18.3 Å². The first kappa shape index (κ1) is 12.0. The van der Waals surface area contributed by atoms with Gasteiger partial charge in [-0.15, -0.1) is 0 Å². The van der Waals surface area contributed by atoms with Gasteiger partial charge in [-0.3, -0.25) is 0 Å². The fourth-order valence-electron chi connectivity index (χ4n) is 2.79. The molecule has 0 radical (unpaired) electrons. The van der Waals surface area contributed by atoms with Crippen molar-refractivity contribution < 1.29 is 0 Å². The van der Waals surface area contributed by atoms with Gasteiger partial charge >= 0.3 is 0 Å². The zero-order chi connectivity index (χ0) is 13.4. The minimum Gasteiger partial charge on any atom is -0.331 e. The minimum absolute atomic E-state index is 0.809. The Hall–Kier alpha value is -1.79. The average Bonchev–Trinajstić information content (AvgIpc) is 3.15. The van der Waals surface area contributed by atoms with Gasteiger partial charge in [0.1, 0.15) is 16.9 Å². The molecule has 20 heavy (non-hydrogen) atoms. The third-order valence-electron chi connectivity index (χ3n) is 3.79. The number of rotatable bonds is 4. The highest BCUT2D eigenvalue weighted by Crippen LogP contribution is 2.18. The van der Waals surface area contributed by atoms with Gasteiger partial charge in [0.05, 0.1) is 17.4 Å². The fourth-order valence-corrected chi connectivity index (χ4v) is 3.36. The van der Waals surface area contributed by atoms with Crippen LogP contribution < -0.4 is 5.32 Å². The van der Waals surface area contributed by atoms with Crippen LogP contribution in [0.1, 0.15) is 23.5 Å². The number of hydrogen-bond acceptors (Lipinski definition) is 5. The second kappa shape index (κ2) is 4.96. The van der Waals surface area contributed by atoms with Gasteiger partial charge in [-0.1, -0.05) is 12.1 Å². The van der Waals surface area contributed by atoms with Crippen LogP contribution in [0.15, 0.2) is 24.4 Å². The molecule has 3 aromatic rings. The summed E-state index contributed by atoms with van der Waals surface area (Å²) in [6.07, 6.45) is 4.33. The predicted molar refractivity (Wildman–Crippen MR) is 78.5 cm³/mol. The van der Waals surface area contributed by atoms with Crippen LogP contribution in [0.4, 0.5) is 0 Å². The van der Waals surface area contributed by atoms with E-state index in [1.807, 2.05) is 18.3 Å². The Morgan fingerprint density at radius 2 is 2.25 bits per heavy atom. The average molecular weight is 285 g/mol. The van der Waals surface area contributed by atoms with Crippen molar-refractivity contribution in [3.8, 4) is 0 Å². The molecule has 0 saturated heterocycles. The van der Waals surface area contributed by atoms with Gasteiger partial charge in [0, 0.05) is 32.3 Å². The van der Waals surface area contributed by atoms with Crippen LogP contribution in [0.2, 0.25) is 0 Å². The third-order valence-corrected chi connectivity index (χ3v) is 4.34. The fraction of sp³-hybridized carbons (Fsp3) is 0.357. The Bertz CT molecular complexity index is 745. The molecule has 3 heterocycles. The normalized spacial score (nSPS) is 14.0. The number of benzene rings is 1. The number of hydrogen-bond donors (Lipinski definition) is 1. The van der Waals surface area contributed by atoms with Crippen molar-refractivity contribution in [2.45, 2.75) is 32.5 Å². The number of aromatic nitrogens is 4. The maximum Gasteiger partial charge on any atom is 0.109 e. The first-order valence-electron chi connectivity index (χ1n) is 6.86. The van der Waals surface area contributed by atoms with E-state index in [-0.39, 0.29) is 0 Å². The van der Waals surface area contributed by atoms with Gasteiger partial charge in [-0.05, 0) is 18.1 Å². The van der Waals surface area contributed by atoms with E-state index in [2.05, 4.69) is 29.7 Å². The molecule has 102 valence electrons. The molecule has 0 atom stereocenters. The van der Waals surface area contributed by atoms with E-state index in [0.29, 0.717) is 0 Å². The predicted octanol–water partition coefficient (Wildman–Crippen LogP) is 2.12. The van der Waals surface area contributed by atoms with Gasteiger partial charge in [0.25, 0.3) is 0 Å². The lowest BCUT2D eigenvalue weighted by molar-refractivity contribution is 0.630. The molecule has 1 aliphatic heterocycles. The molecule has 2 aromatic heterocycles. The molecule has 1 N–H and O–H groups in total. The largest absolute Gasteiger partial charge is 0.331 e. The van der Waals surface area contributed by atoms with Crippen LogP contribution in [0.25, 0.3) is 11.0 Å². The van der Waals surface area contributed by atoms with Gasteiger partial charge < -0.3 is 9.88 Å². The summed E-state index contributed by atoms with van der Waals surface area (Å²) in [6, 6.07) is 6.15. The van der Waals surface area contributed by atoms with E-state index < -0.39 is 0 Å². The Morgan fingerprint density at radius 1 is 1.25 bits per heavy atom. The summed E-state index contributed by atoms with van der Waals surface area (Å²) in [5, 5.41) is 3.49. The van der Waals surface area contributed by atoms with Crippen molar-refractivity contribution in [3.63, 3.8) is 0 Å². The van der Waals surface area contributed by atoms with Crippen molar-refractivity contribution in [2.75, 3.05) is 0 Å².